The van der Waals surface area contributed by atoms with Crippen LogP contribution in [0.1, 0.15) is 219 Å². The number of aliphatic hydroxyl groups is 1. The molecule has 0 aromatic carbocycles. The topological polar surface area (TPSA) is 116 Å². The van der Waals surface area contributed by atoms with Gasteiger partial charge in [0.1, 0.15) is 0 Å². The zero-order chi connectivity index (χ0) is 35.4. The summed E-state index contributed by atoms with van der Waals surface area (Å²) in [5.74, 6) is -0.224. The summed E-state index contributed by atoms with van der Waals surface area (Å²) in [6.07, 6.45) is 42.5. The number of carbonyl (C=O) groups is 1. The molecule has 0 rings (SSSR count). The van der Waals surface area contributed by atoms with E-state index in [0.29, 0.717) is 6.42 Å². The van der Waals surface area contributed by atoms with Gasteiger partial charge in [-0.25, -0.2) is 4.57 Å². The predicted octanol–water partition coefficient (Wildman–Crippen LogP) is 12.0. The SMILES string of the molecule is CCCCCCCCCC/C=C/[C@@H](O)[C@H](COP(=O)(O)O)NC(=O)CCCCCCCCCCCCCCCCCCCCCCCC. The molecule has 0 saturated heterocycles. The summed E-state index contributed by atoms with van der Waals surface area (Å²) in [6, 6.07) is -0.903. The smallest absolute Gasteiger partial charge is 0.387 e. The number of carbonyl (C=O) groups excluding carboxylic acids is 1. The molecule has 7 nitrogen and oxygen atoms in total. The van der Waals surface area contributed by atoms with Gasteiger partial charge in [0, 0.05) is 6.42 Å². The fourth-order valence-corrected chi connectivity index (χ4v) is 6.70. The first-order chi connectivity index (χ1) is 23.3. The van der Waals surface area contributed by atoms with Gasteiger partial charge in [-0.15, -0.1) is 0 Å². The Morgan fingerprint density at radius 3 is 1.27 bits per heavy atom. The Hall–Kier alpha value is -0.720. The molecule has 0 bridgehead atoms. The summed E-state index contributed by atoms with van der Waals surface area (Å²) in [7, 11) is -4.70. The number of hydrogen-bond acceptors (Lipinski definition) is 4. The van der Waals surface area contributed by atoms with Gasteiger partial charge in [-0.05, 0) is 19.3 Å². The molecule has 8 heteroatoms. The predicted molar refractivity (Wildman–Crippen MR) is 204 cm³/mol. The van der Waals surface area contributed by atoms with Gasteiger partial charge in [-0.3, -0.25) is 9.32 Å². The molecule has 0 spiro atoms. The van der Waals surface area contributed by atoms with Crippen LogP contribution in [0.2, 0.25) is 0 Å². The maximum Gasteiger partial charge on any atom is 0.469 e. The van der Waals surface area contributed by atoms with Gasteiger partial charge in [0.2, 0.25) is 5.91 Å². The van der Waals surface area contributed by atoms with Crippen LogP contribution in [0.4, 0.5) is 0 Å². The minimum Gasteiger partial charge on any atom is -0.387 e. The molecule has 0 aliphatic heterocycles. The summed E-state index contributed by atoms with van der Waals surface area (Å²) >= 11 is 0. The second-order valence-corrected chi connectivity index (χ2v) is 15.6. The number of phosphoric ester groups is 1. The van der Waals surface area contributed by atoms with Crippen molar-refractivity contribution in [2.45, 2.75) is 231 Å². The Morgan fingerprint density at radius 2 is 0.917 bits per heavy atom. The van der Waals surface area contributed by atoms with Crippen LogP contribution in [-0.4, -0.2) is 39.6 Å². The fraction of sp³-hybridized carbons (Fsp3) is 0.925. The Bertz CT molecular complexity index is 758. The van der Waals surface area contributed by atoms with Crippen LogP contribution in [0.15, 0.2) is 12.2 Å². The monoisotopic (exact) mass is 702 g/mol. The first-order valence-corrected chi connectivity index (χ1v) is 22.2. The standard InChI is InChI=1S/C40H80NO6P/c1-3-5-7-9-11-13-15-16-17-18-19-20-21-22-23-24-25-26-28-30-32-34-36-40(43)41-38(37-47-48(44,45)46)39(42)35-33-31-29-27-14-12-10-8-6-4-2/h33,35,38-39,42H,3-32,34,36-37H2,1-2H3,(H,41,43)(H2,44,45,46)/b35-33+/t38-,39+/m0/s1. The van der Waals surface area contributed by atoms with Crippen molar-refractivity contribution in [1.82, 2.24) is 5.32 Å². The van der Waals surface area contributed by atoms with Crippen LogP contribution in [-0.2, 0) is 13.9 Å². The zero-order valence-corrected chi connectivity index (χ0v) is 32.6. The average Bonchev–Trinajstić information content (AvgIpc) is 3.05. The molecule has 0 aliphatic rings. The van der Waals surface area contributed by atoms with E-state index >= 15 is 0 Å². The number of nitrogens with one attached hydrogen (secondary N) is 1. The van der Waals surface area contributed by atoms with Crippen LogP contribution in [0, 0.1) is 0 Å². The van der Waals surface area contributed by atoms with E-state index in [1.54, 1.807) is 6.08 Å². The van der Waals surface area contributed by atoms with Crippen LogP contribution in [0.3, 0.4) is 0 Å². The van der Waals surface area contributed by atoms with Crippen LogP contribution in [0.5, 0.6) is 0 Å². The molecule has 48 heavy (non-hydrogen) atoms. The van der Waals surface area contributed by atoms with Crippen molar-refractivity contribution in [1.29, 1.82) is 0 Å². The molecule has 4 N–H and O–H groups in total. The van der Waals surface area contributed by atoms with Crippen molar-refractivity contribution in [3.63, 3.8) is 0 Å². The Morgan fingerprint density at radius 1 is 0.583 bits per heavy atom. The van der Waals surface area contributed by atoms with E-state index in [9.17, 15) is 14.5 Å². The first kappa shape index (κ1) is 47.3. The molecule has 286 valence electrons. The summed E-state index contributed by atoms with van der Waals surface area (Å²) < 4.78 is 15.9. The van der Waals surface area contributed by atoms with Crippen molar-refractivity contribution < 1.29 is 28.8 Å². The van der Waals surface area contributed by atoms with E-state index in [2.05, 4.69) is 23.7 Å². The van der Waals surface area contributed by atoms with Gasteiger partial charge in [0.05, 0.1) is 18.8 Å². The largest absolute Gasteiger partial charge is 0.469 e. The molecule has 2 atom stereocenters. The molecular weight excluding hydrogens is 621 g/mol. The highest BCUT2D eigenvalue weighted by Crippen LogP contribution is 2.35. The van der Waals surface area contributed by atoms with Crippen LogP contribution < -0.4 is 5.32 Å². The lowest BCUT2D eigenvalue weighted by Gasteiger charge is -2.22. The van der Waals surface area contributed by atoms with Crippen molar-refractivity contribution in [2.24, 2.45) is 0 Å². The van der Waals surface area contributed by atoms with Gasteiger partial charge in [0.25, 0.3) is 0 Å². The van der Waals surface area contributed by atoms with Crippen LogP contribution in [0.25, 0.3) is 0 Å². The van der Waals surface area contributed by atoms with E-state index in [1.807, 2.05) is 6.08 Å². The Balaban J connectivity index is 3.82. The summed E-state index contributed by atoms with van der Waals surface area (Å²) in [5.41, 5.74) is 0. The first-order valence-electron chi connectivity index (χ1n) is 20.6. The van der Waals surface area contributed by atoms with E-state index in [-0.39, 0.29) is 5.91 Å². The van der Waals surface area contributed by atoms with Crippen molar-refractivity contribution >= 4 is 13.7 Å². The maximum absolute atomic E-state index is 12.5. The highest BCUT2D eigenvalue weighted by Gasteiger charge is 2.24. The van der Waals surface area contributed by atoms with Gasteiger partial charge in [-0.2, -0.15) is 0 Å². The van der Waals surface area contributed by atoms with Gasteiger partial charge in [-0.1, -0.05) is 206 Å². The third-order valence-electron chi connectivity index (χ3n) is 9.50. The fourth-order valence-electron chi connectivity index (χ4n) is 6.34. The number of phosphoric acid groups is 1. The van der Waals surface area contributed by atoms with Gasteiger partial charge < -0.3 is 20.2 Å². The van der Waals surface area contributed by atoms with Crippen molar-refractivity contribution in [2.75, 3.05) is 6.61 Å². The van der Waals surface area contributed by atoms with E-state index in [1.165, 1.54) is 161 Å². The van der Waals surface area contributed by atoms with Crippen molar-refractivity contribution in [3.05, 3.63) is 12.2 Å². The molecule has 1 amide bonds. The molecule has 0 heterocycles. The van der Waals surface area contributed by atoms with Crippen LogP contribution >= 0.6 is 7.82 Å². The van der Waals surface area contributed by atoms with Gasteiger partial charge >= 0.3 is 7.82 Å². The summed E-state index contributed by atoms with van der Waals surface area (Å²) in [5, 5.41) is 13.3. The number of aliphatic hydroxyl groups excluding tert-OH is 1. The molecule has 0 unspecified atom stereocenters. The highest BCUT2D eigenvalue weighted by molar-refractivity contribution is 7.46. The molecule has 0 aliphatic carbocycles. The number of hydrogen-bond donors (Lipinski definition) is 4. The number of unbranched alkanes of at least 4 members (excludes halogenated alkanes) is 29. The molecule has 0 saturated carbocycles. The zero-order valence-electron chi connectivity index (χ0n) is 31.7. The molecule has 0 aromatic rings. The highest BCUT2D eigenvalue weighted by atomic mass is 31.2. The third kappa shape index (κ3) is 36.6. The summed E-state index contributed by atoms with van der Waals surface area (Å²) in [6.45, 7) is 4.06. The number of rotatable bonds is 38. The lowest BCUT2D eigenvalue weighted by atomic mass is 10.0. The van der Waals surface area contributed by atoms with Gasteiger partial charge in [0.15, 0.2) is 0 Å². The normalized spacial score (nSPS) is 13.4. The second-order valence-electron chi connectivity index (χ2n) is 14.3. The number of amides is 1. The Kier molecular flexibility index (Phi) is 35.5. The minimum absolute atomic E-state index is 0.224. The lowest BCUT2D eigenvalue weighted by molar-refractivity contribution is -0.123. The molecular formula is C40H80NO6P. The van der Waals surface area contributed by atoms with E-state index < -0.39 is 26.6 Å². The second kappa shape index (κ2) is 36.1. The molecule has 0 radical (unpaired) electrons. The van der Waals surface area contributed by atoms with Crippen molar-refractivity contribution in [3.8, 4) is 0 Å². The average molecular weight is 702 g/mol. The third-order valence-corrected chi connectivity index (χ3v) is 9.98. The Labute approximate surface area is 297 Å². The van der Waals surface area contributed by atoms with E-state index in [4.69, 9.17) is 9.79 Å². The quantitative estimate of drug-likeness (QED) is 0.0289. The number of allylic oxidation sites excluding steroid dienone is 1. The minimum atomic E-state index is -4.70. The summed E-state index contributed by atoms with van der Waals surface area (Å²) in [4.78, 5) is 30.8. The van der Waals surface area contributed by atoms with E-state index in [0.717, 1.165) is 38.5 Å². The lowest BCUT2D eigenvalue weighted by Crippen LogP contribution is -2.45. The molecule has 0 aromatic heterocycles. The molecule has 0 fully saturated rings. The maximum atomic E-state index is 12.5.